The number of benzene rings is 2. The third-order valence-corrected chi connectivity index (χ3v) is 5.96. The SMILES string of the molecule is COCCOC(=O)[C@H](O)[C@@H](Cc1ccccc1Cl)NC(=O)c1cc(C(=O)O)n(Cc2ccc(OC)cc2)n1. The molecule has 0 fully saturated rings. The molecule has 0 aliphatic rings. The maximum absolute atomic E-state index is 13.1. The molecule has 3 N–H and O–H groups in total. The van der Waals surface area contributed by atoms with Crippen LogP contribution in [0.1, 0.15) is 32.1 Å². The Hall–Kier alpha value is -3.93. The minimum Gasteiger partial charge on any atom is -0.497 e. The van der Waals surface area contributed by atoms with Gasteiger partial charge in [0.1, 0.15) is 18.1 Å². The van der Waals surface area contributed by atoms with Crippen molar-refractivity contribution in [3.05, 3.63) is 82.1 Å². The van der Waals surface area contributed by atoms with E-state index in [2.05, 4.69) is 10.4 Å². The molecule has 3 rings (SSSR count). The number of carboxylic acids is 1. The molecule has 1 amide bonds. The highest BCUT2D eigenvalue weighted by Crippen LogP contribution is 2.19. The average Bonchev–Trinajstić information content (AvgIpc) is 3.34. The number of aromatic carboxylic acids is 1. The van der Waals surface area contributed by atoms with Gasteiger partial charge in [0.15, 0.2) is 11.8 Å². The lowest BCUT2D eigenvalue weighted by Crippen LogP contribution is -2.49. The number of nitrogens with zero attached hydrogens (tertiary/aromatic N) is 2. The van der Waals surface area contributed by atoms with E-state index in [1.54, 1.807) is 48.5 Å². The summed E-state index contributed by atoms with van der Waals surface area (Å²) in [4.78, 5) is 37.4. The summed E-state index contributed by atoms with van der Waals surface area (Å²) < 4.78 is 16.2. The molecule has 2 atom stereocenters. The Bertz CT molecular complexity index is 1260. The molecule has 202 valence electrons. The highest BCUT2D eigenvalue weighted by molar-refractivity contribution is 6.31. The van der Waals surface area contributed by atoms with Crippen LogP contribution >= 0.6 is 11.6 Å². The Morgan fingerprint density at radius 3 is 2.42 bits per heavy atom. The van der Waals surface area contributed by atoms with Gasteiger partial charge in [0, 0.05) is 18.2 Å². The van der Waals surface area contributed by atoms with Crippen molar-refractivity contribution in [2.75, 3.05) is 27.4 Å². The molecule has 0 radical (unpaired) electrons. The van der Waals surface area contributed by atoms with Crippen molar-refractivity contribution in [2.24, 2.45) is 0 Å². The van der Waals surface area contributed by atoms with Crippen LogP contribution in [0.3, 0.4) is 0 Å². The van der Waals surface area contributed by atoms with E-state index in [1.165, 1.54) is 18.9 Å². The molecule has 0 unspecified atom stereocenters. The first kappa shape index (κ1) is 28.6. The highest BCUT2D eigenvalue weighted by atomic mass is 35.5. The molecule has 0 aliphatic carbocycles. The molecule has 3 aromatic rings. The number of amides is 1. The van der Waals surface area contributed by atoms with Gasteiger partial charge in [0.2, 0.25) is 0 Å². The van der Waals surface area contributed by atoms with Gasteiger partial charge in [-0.05, 0) is 35.7 Å². The summed E-state index contributed by atoms with van der Waals surface area (Å²) in [6.45, 7) is 0.122. The summed E-state index contributed by atoms with van der Waals surface area (Å²) in [5.74, 6) is -2.39. The van der Waals surface area contributed by atoms with Gasteiger partial charge in [0.05, 0.1) is 26.3 Å². The fraction of sp³-hybridized carbons (Fsp3) is 0.308. The van der Waals surface area contributed by atoms with E-state index in [4.69, 9.17) is 25.8 Å². The van der Waals surface area contributed by atoms with Crippen LogP contribution in [-0.4, -0.2) is 77.4 Å². The number of carboxylic acid groups (broad SMARTS) is 1. The Labute approximate surface area is 223 Å². The summed E-state index contributed by atoms with van der Waals surface area (Å²) >= 11 is 6.25. The second kappa shape index (κ2) is 13.6. The molecule has 0 aliphatic heterocycles. The summed E-state index contributed by atoms with van der Waals surface area (Å²) in [5.41, 5.74) is 0.877. The van der Waals surface area contributed by atoms with Crippen LogP contribution in [0.25, 0.3) is 0 Å². The minimum absolute atomic E-state index is 0.00962. The first-order valence-electron chi connectivity index (χ1n) is 11.6. The predicted octanol–water partition coefficient (Wildman–Crippen LogP) is 2.18. The molecule has 0 spiro atoms. The van der Waals surface area contributed by atoms with Gasteiger partial charge in [-0.3, -0.25) is 9.48 Å². The lowest BCUT2D eigenvalue weighted by molar-refractivity contribution is -0.156. The zero-order valence-electron chi connectivity index (χ0n) is 20.8. The van der Waals surface area contributed by atoms with Gasteiger partial charge in [-0.1, -0.05) is 41.9 Å². The van der Waals surface area contributed by atoms with E-state index < -0.39 is 30.0 Å². The Morgan fingerprint density at radius 2 is 1.79 bits per heavy atom. The molecule has 12 heteroatoms. The monoisotopic (exact) mass is 545 g/mol. The van der Waals surface area contributed by atoms with Crippen LogP contribution in [0.2, 0.25) is 5.02 Å². The average molecular weight is 546 g/mol. The first-order chi connectivity index (χ1) is 18.2. The van der Waals surface area contributed by atoms with E-state index in [0.717, 1.165) is 11.6 Å². The first-order valence-corrected chi connectivity index (χ1v) is 11.9. The number of hydrogen-bond donors (Lipinski definition) is 3. The van der Waals surface area contributed by atoms with Gasteiger partial charge >= 0.3 is 11.9 Å². The minimum atomic E-state index is -1.74. The van der Waals surface area contributed by atoms with Crippen molar-refractivity contribution in [2.45, 2.75) is 25.1 Å². The molecule has 11 nitrogen and oxygen atoms in total. The number of aromatic nitrogens is 2. The van der Waals surface area contributed by atoms with Gasteiger partial charge in [-0.2, -0.15) is 5.10 Å². The zero-order valence-corrected chi connectivity index (χ0v) is 21.6. The molecule has 38 heavy (non-hydrogen) atoms. The molecule has 0 saturated heterocycles. The van der Waals surface area contributed by atoms with Gasteiger partial charge in [-0.15, -0.1) is 0 Å². The summed E-state index contributed by atoms with van der Waals surface area (Å²) in [6, 6.07) is 13.7. The van der Waals surface area contributed by atoms with E-state index >= 15 is 0 Å². The van der Waals surface area contributed by atoms with Crippen LogP contribution in [0.4, 0.5) is 0 Å². The Morgan fingerprint density at radius 1 is 1.08 bits per heavy atom. The lowest BCUT2D eigenvalue weighted by atomic mass is 10.0. The fourth-order valence-electron chi connectivity index (χ4n) is 3.58. The molecular weight excluding hydrogens is 518 g/mol. The number of methoxy groups -OCH3 is 2. The molecule has 2 aromatic carbocycles. The Kier molecular flexibility index (Phi) is 10.2. The smallest absolute Gasteiger partial charge is 0.354 e. The van der Waals surface area contributed by atoms with Gasteiger partial charge in [0.25, 0.3) is 5.91 Å². The summed E-state index contributed by atoms with van der Waals surface area (Å²) in [7, 11) is 2.97. The predicted molar refractivity (Wildman–Crippen MR) is 137 cm³/mol. The normalized spacial score (nSPS) is 12.4. The van der Waals surface area contributed by atoms with Crippen LogP contribution in [0, 0.1) is 0 Å². The largest absolute Gasteiger partial charge is 0.497 e. The van der Waals surface area contributed by atoms with Crippen molar-refractivity contribution >= 4 is 29.4 Å². The number of rotatable bonds is 13. The second-order valence-corrected chi connectivity index (χ2v) is 8.61. The number of aliphatic hydroxyl groups excluding tert-OH is 1. The topological polar surface area (TPSA) is 149 Å². The molecule has 1 heterocycles. The standard InChI is InChI=1S/C26H28ClN3O8/c1-36-11-12-38-26(35)23(31)20(13-17-5-3-4-6-19(17)27)28-24(32)21-14-22(25(33)34)30(29-21)15-16-7-9-18(37-2)10-8-16/h3-10,14,20,23,31H,11-13,15H2,1-2H3,(H,28,32)(H,33,34)/t20-,23-/m1/s1. The maximum atomic E-state index is 13.1. The number of hydrogen-bond acceptors (Lipinski definition) is 8. The molecular formula is C26H28ClN3O8. The zero-order chi connectivity index (χ0) is 27.7. The van der Waals surface area contributed by atoms with E-state index in [0.29, 0.717) is 16.3 Å². The van der Waals surface area contributed by atoms with Crippen LogP contribution < -0.4 is 10.1 Å². The van der Waals surface area contributed by atoms with Crippen LogP contribution in [0.15, 0.2) is 54.6 Å². The number of nitrogens with one attached hydrogen (secondary N) is 1. The van der Waals surface area contributed by atoms with Crippen molar-refractivity contribution in [3.63, 3.8) is 0 Å². The number of carbonyl (C=O) groups is 3. The van der Waals surface area contributed by atoms with Crippen molar-refractivity contribution < 1.29 is 38.8 Å². The fourth-order valence-corrected chi connectivity index (χ4v) is 3.80. The number of esters is 1. The van der Waals surface area contributed by atoms with E-state index in [-0.39, 0.29) is 37.6 Å². The third kappa shape index (κ3) is 7.54. The number of halogens is 1. The van der Waals surface area contributed by atoms with E-state index in [9.17, 15) is 24.6 Å². The Balaban J connectivity index is 1.83. The lowest BCUT2D eigenvalue weighted by Gasteiger charge is -2.23. The van der Waals surface area contributed by atoms with Crippen molar-refractivity contribution in [3.8, 4) is 5.75 Å². The number of aliphatic hydroxyl groups is 1. The molecule has 0 bridgehead atoms. The highest BCUT2D eigenvalue weighted by Gasteiger charge is 2.31. The summed E-state index contributed by atoms with van der Waals surface area (Å²) in [5, 5.41) is 27.5. The van der Waals surface area contributed by atoms with E-state index in [1.807, 2.05) is 0 Å². The maximum Gasteiger partial charge on any atom is 0.354 e. The molecule has 1 aromatic heterocycles. The second-order valence-electron chi connectivity index (χ2n) is 8.21. The van der Waals surface area contributed by atoms with Crippen molar-refractivity contribution in [1.29, 1.82) is 0 Å². The van der Waals surface area contributed by atoms with Crippen molar-refractivity contribution in [1.82, 2.24) is 15.1 Å². The van der Waals surface area contributed by atoms with Crippen LogP contribution in [0.5, 0.6) is 5.75 Å². The molecule has 0 saturated carbocycles. The van der Waals surface area contributed by atoms with Gasteiger partial charge < -0.3 is 29.7 Å². The third-order valence-electron chi connectivity index (χ3n) is 5.59. The van der Waals surface area contributed by atoms with Crippen LogP contribution in [-0.2, 0) is 27.2 Å². The van der Waals surface area contributed by atoms with Gasteiger partial charge in [-0.25, -0.2) is 9.59 Å². The quantitative estimate of drug-likeness (QED) is 0.217. The summed E-state index contributed by atoms with van der Waals surface area (Å²) in [6.07, 6.45) is -1.75. The number of ether oxygens (including phenoxy) is 3. The number of carbonyl (C=O) groups excluding carboxylic acids is 2.